The van der Waals surface area contributed by atoms with Crippen LogP contribution in [0.25, 0.3) is 34.2 Å². The van der Waals surface area contributed by atoms with Crippen LogP contribution in [0.4, 0.5) is 0 Å². The zero-order valence-corrected chi connectivity index (χ0v) is 23.0. The van der Waals surface area contributed by atoms with Gasteiger partial charge in [-0.05, 0) is 112 Å². The summed E-state index contributed by atoms with van der Waals surface area (Å²) >= 11 is 0. The summed E-state index contributed by atoms with van der Waals surface area (Å²) in [5, 5.41) is 28.7. The number of rotatable bonds is 6. The molecule has 2 aromatic carbocycles. The number of fused-ring (bicyclic) bond motifs is 2. The molecule has 0 fully saturated rings. The SMILES string of the molecule is O=C(O)c1ccc(-n2nc(-c3cccc(-c4c5c(nn4-c4ccc(C(=O)O)cc4)CCCC5)n3)c3c2CCCC3)cc1. The molecule has 42 heavy (non-hydrogen) atoms. The zero-order chi connectivity index (χ0) is 28.8. The number of hydrogen-bond donors (Lipinski definition) is 2. The topological polar surface area (TPSA) is 123 Å². The molecule has 5 aromatic rings. The number of carbonyl (C=O) groups is 2. The number of aromatic nitrogens is 5. The molecule has 0 spiro atoms. The van der Waals surface area contributed by atoms with Gasteiger partial charge in [0.2, 0.25) is 0 Å². The number of hydrogen-bond acceptors (Lipinski definition) is 5. The highest BCUT2D eigenvalue weighted by molar-refractivity contribution is 5.88. The number of benzene rings is 2. The van der Waals surface area contributed by atoms with Gasteiger partial charge in [0, 0.05) is 16.8 Å². The fraction of sp³-hybridized carbons (Fsp3) is 0.242. The van der Waals surface area contributed by atoms with Crippen molar-refractivity contribution in [3.8, 4) is 34.2 Å². The summed E-state index contributed by atoms with van der Waals surface area (Å²) in [5.74, 6) is -1.92. The summed E-state index contributed by atoms with van der Waals surface area (Å²) in [5.41, 5.74) is 10.1. The normalized spacial score (nSPS) is 14.3. The number of nitrogens with zero attached hydrogens (tertiary/aromatic N) is 5. The molecule has 0 saturated carbocycles. The second-order valence-electron chi connectivity index (χ2n) is 10.9. The van der Waals surface area contributed by atoms with Crippen LogP contribution in [0.3, 0.4) is 0 Å². The minimum Gasteiger partial charge on any atom is -0.478 e. The van der Waals surface area contributed by atoms with E-state index in [1.807, 2.05) is 27.6 Å². The monoisotopic (exact) mass is 559 g/mol. The largest absolute Gasteiger partial charge is 0.478 e. The zero-order valence-electron chi connectivity index (χ0n) is 23.0. The Morgan fingerprint density at radius 1 is 0.619 bits per heavy atom. The van der Waals surface area contributed by atoms with Crippen molar-refractivity contribution in [1.29, 1.82) is 0 Å². The molecular weight excluding hydrogens is 530 g/mol. The number of carboxylic acids is 2. The smallest absolute Gasteiger partial charge is 0.335 e. The van der Waals surface area contributed by atoms with Gasteiger partial charge in [0.15, 0.2) is 0 Å². The minimum absolute atomic E-state index is 0.232. The van der Waals surface area contributed by atoms with E-state index in [2.05, 4.69) is 0 Å². The van der Waals surface area contributed by atoms with Crippen LogP contribution in [0, 0.1) is 0 Å². The van der Waals surface area contributed by atoms with Gasteiger partial charge in [-0.2, -0.15) is 10.2 Å². The van der Waals surface area contributed by atoms with Crippen molar-refractivity contribution in [1.82, 2.24) is 24.5 Å². The van der Waals surface area contributed by atoms with E-state index in [9.17, 15) is 19.8 Å². The Balaban J connectivity index is 1.34. The molecule has 0 aliphatic heterocycles. The third-order valence-corrected chi connectivity index (χ3v) is 8.29. The number of carboxylic acid groups (broad SMARTS) is 2. The Labute approximate surface area is 242 Å². The van der Waals surface area contributed by atoms with Crippen LogP contribution in [0.5, 0.6) is 0 Å². The molecule has 0 amide bonds. The standard InChI is InChI=1S/C33H29N5O4/c39-32(40)20-12-16-22(17-13-20)37-29-11-4-2-7-25(29)30(36-37)27-9-5-10-28(34-27)31-24-6-1-3-8-26(24)35-38(31)23-18-14-21(15-19-23)33(41)42/h5,9-10,12-19H,1-4,6-8,11H2,(H,39,40)(H,41,42). The average molecular weight is 560 g/mol. The van der Waals surface area contributed by atoms with Crippen molar-refractivity contribution in [2.75, 3.05) is 0 Å². The van der Waals surface area contributed by atoms with Gasteiger partial charge in [0.1, 0.15) is 5.69 Å². The van der Waals surface area contributed by atoms with Crippen LogP contribution in [-0.2, 0) is 25.7 Å². The average Bonchev–Trinajstić information content (AvgIpc) is 3.61. The van der Waals surface area contributed by atoms with E-state index >= 15 is 0 Å². The van der Waals surface area contributed by atoms with Crippen LogP contribution in [0.1, 0.15) is 68.9 Å². The lowest BCUT2D eigenvalue weighted by atomic mass is 9.94. The minimum atomic E-state index is -0.962. The van der Waals surface area contributed by atoms with Gasteiger partial charge in [-0.1, -0.05) is 6.07 Å². The fourth-order valence-corrected chi connectivity index (χ4v) is 6.21. The quantitative estimate of drug-likeness (QED) is 0.264. The second-order valence-corrected chi connectivity index (χ2v) is 10.9. The van der Waals surface area contributed by atoms with Gasteiger partial charge in [0.25, 0.3) is 0 Å². The number of aromatic carboxylic acids is 2. The highest BCUT2D eigenvalue weighted by atomic mass is 16.4. The highest BCUT2D eigenvalue weighted by Gasteiger charge is 2.26. The first kappa shape index (κ1) is 25.9. The summed E-state index contributed by atoms with van der Waals surface area (Å²) < 4.78 is 3.85. The predicted octanol–water partition coefficient (Wildman–Crippen LogP) is 5.94. The van der Waals surface area contributed by atoms with E-state index < -0.39 is 11.9 Å². The van der Waals surface area contributed by atoms with Crippen LogP contribution in [-0.4, -0.2) is 46.7 Å². The molecule has 2 aliphatic rings. The maximum Gasteiger partial charge on any atom is 0.335 e. The van der Waals surface area contributed by atoms with E-state index in [1.165, 1.54) is 11.1 Å². The van der Waals surface area contributed by atoms with E-state index in [1.54, 1.807) is 48.5 Å². The molecule has 0 bridgehead atoms. The molecule has 0 unspecified atom stereocenters. The summed E-state index contributed by atoms with van der Waals surface area (Å²) in [6.45, 7) is 0. The first-order chi connectivity index (χ1) is 20.5. The van der Waals surface area contributed by atoms with E-state index in [-0.39, 0.29) is 11.1 Å². The van der Waals surface area contributed by atoms with Crippen molar-refractivity contribution < 1.29 is 19.8 Å². The Morgan fingerprint density at radius 3 is 1.86 bits per heavy atom. The van der Waals surface area contributed by atoms with Gasteiger partial charge in [0.05, 0.1) is 45.3 Å². The van der Waals surface area contributed by atoms with Crippen molar-refractivity contribution in [2.24, 2.45) is 0 Å². The molecule has 9 heteroatoms. The molecule has 0 atom stereocenters. The third kappa shape index (κ3) is 4.47. The van der Waals surface area contributed by atoms with Crippen LogP contribution < -0.4 is 0 Å². The van der Waals surface area contributed by atoms with Crippen LogP contribution in [0.15, 0.2) is 66.7 Å². The molecule has 2 aliphatic carbocycles. The molecule has 3 heterocycles. The summed E-state index contributed by atoms with van der Waals surface area (Å²) in [4.78, 5) is 28.0. The maximum absolute atomic E-state index is 11.4. The predicted molar refractivity (Wildman–Crippen MR) is 157 cm³/mol. The van der Waals surface area contributed by atoms with Gasteiger partial charge in [-0.25, -0.2) is 23.9 Å². The van der Waals surface area contributed by atoms with E-state index in [4.69, 9.17) is 15.2 Å². The first-order valence-corrected chi connectivity index (χ1v) is 14.3. The first-order valence-electron chi connectivity index (χ1n) is 14.3. The van der Waals surface area contributed by atoms with Gasteiger partial charge >= 0.3 is 11.9 Å². The molecule has 7 rings (SSSR count). The Bertz CT molecular complexity index is 1830. The van der Waals surface area contributed by atoms with Crippen molar-refractivity contribution >= 4 is 11.9 Å². The second kappa shape index (κ2) is 10.4. The molecule has 2 N–H and O–H groups in total. The molecule has 0 radical (unpaired) electrons. The molecule has 0 saturated heterocycles. The highest BCUT2D eigenvalue weighted by Crippen LogP contribution is 2.36. The Hall–Kier alpha value is -5.05. The van der Waals surface area contributed by atoms with Crippen molar-refractivity contribution in [3.63, 3.8) is 0 Å². The number of aryl methyl sites for hydroxylation is 1. The van der Waals surface area contributed by atoms with Gasteiger partial charge in [-0.3, -0.25) is 0 Å². The van der Waals surface area contributed by atoms with Gasteiger partial charge < -0.3 is 10.2 Å². The lowest BCUT2D eigenvalue weighted by Crippen LogP contribution is -2.08. The molecule has 3 aromatic heterocycles. The number of pyridine rings is 1. The molecular formula is C33H29N5O4. The van der Waals surface area contributed by atoms with Crippen LogP contribution >= 0.6 is 0 Å². The van der Waals surface area contributed by atoms with Gasteiger partial charge in [-0.15, -0.1) is 0 Å². The third-order valence-electron chi connectivity index (χ3n) is 8.29. The lowest BCUT2D eigenvalue weighted by Gasteiger charge is -2.15. The Morgan fingerprint density at radius 2 is 1.19 bits per heavy atom. The summed E-state index contributed by atoms with van der Waals surface area (Å²) in [7, 11) is 0. The summed E-state index contributed by atoms with van der Waals surface area (Å²) in [6, 6.07) is 19.6. The maximum atomic E-state index is 11.4. The molecule has 210 valence electrons. The lowest BCUT2D eigenvalue weighted by molar-refractivity contribution is 0.0686. The van der Waals surface area contributed by atoms with E-state index in [0.29, 0.717) is 0 Å². The van der Waals surface area contributed by atoms with Crippen molar-refractivity contribution in [2.45, 2.75) is 51.4 Å². The molecule has 9 nitrogen and oxygen atoms in total. The van der Waals surface area contributed by atoms with E-state index in [0.717, 1.165) is 96.9 Å². The fourth-order valence-electron chi connectivity index (χ4n) is 6.21. The van der Waals surface area contributed by atoms with Crippen LogP contribution in [0.2, 0.25) is 0 Å². The Kier molecular flexibility index (Phi) is 6.42. The summed E-state index contributed by atoms with van der Waals surface area (Å²) in [6.07, 6.45) is 7.96. The van der Waals surface area contributed by atoms with Crippen molar-refractivity contribution in [3.05, 3.63) is 100 Å².